The summed E-state index contributed by atoms with van der Waals surface area (Å²) >= 11 is 1.43. The number of hydrogen-bond acceptors (Lipinski definition) is 6. The standard InChI is InChI=1S/C23H19NO5S/c1-26-21-11-16-15-4-2-3-5-18(15)29-20(16)12-17(21)24-23(25)13-30-14-6-7-19-22(10-14)28-9-8-27-19/h2-7,10-12H,8-9,13H2,1H3,(H,24,25). The Balaban J connectivity index is 1.33. The van der Waals surface area contributed by atoms with Crippen LogP contribution >= 0.6 is 11.8 Å². The molecule has 1 aliphatic heterocycles. The summed E-state index contributed by atoms with van der Waals surface area (Å²) in [6, 6.07) is 17.2. The summed E-state index contributed by atoms with van der Waals surface area (Å²) in [6.45, 7) is 1.09. The smallest absolute Gasteiger partial charge is 0.234 e. The molecule has 0 saturated heterocycles. The van der Waals surface area contributed by atoms with E-state index in [4.69, 9.17) is 18.6 Å². The van der Waals surface area contributed by atoms with Crippen molar-refractivity contribution in [3.8, 4) is 17.2 Å². The van der Waals surface area contributed by atoms with E-state index in [1.807, 2.05) is 48.5 Å². The molecule has 30 heavy (non-hydrogen) atoms. The van der Waals surface area contributed by atoms with E-state index < -0.39 is 0 Å². The molecule has 0 bridgehead atoms. The van der Waals surface area contributed by atoms with E-state index in [0.29, 0.717) is 36.0 Å². The number of nitrogens with one attached hydrogen (secondary N) is 1. The lowest BCUT2D eigenvalue weighted by molar-refractivity contribution is -0.113. The third-order valence-electron chi connectivity index (χ3n) is 4.86. The van der Waals surface area contributed by atoms with Crippen molar-refractivity contribution in [2.24, 2.45) is 0 Å². The van der Waals surface area contributed by atoms with Crippen molar-refractivity contribution in [1.29, 1.82) is 0 Å². The Kier molecular flexibility index (Phi) is 4.88. The largest absolute Gasteiger partial charge is 0.495 e. The van der Waals surface area contributed by atoms with Gasteiger partial charge in [0.1, 0.15) is 30.1 Å². The summed E-state index contributed by atoms with van der Waals surface area (Å²) in [7, 11) is 1.59. The lowest BCUT2D eigenvalue weighted by atomic mass is 10.1. The van der Waals surface area contributed by atoms with E-state index in [1.165, 1.54) is 11.8 Å². The number of methoxy groups -OCH3 is 1. The van der Waals surface area contributed by atoms with Gasteiger partial charge < -0.3 is 23.9 Å². The second-order valence-electron chi connectivity index (χ2n) is 6.79. The van der Waals surface area contributed by atoms with Gasteiger partial charge >= 0.3 is 0 Å². The highest BCUT2D eigenvalue weighted by atomic mass is 32.2. The van der Waals surface area contributed by atoms with Gasteiger partial charge in [0.2, 0.25) is 5.91 Å². The number of amides is 1. The Hall–Kier alpha value is -3.32. The monoisotopic (exact) mass is 421 g/mol. The maximum absolute atomic E-state index is 12.6. The number of carbonyl (C=O) groups is 1. The van der Waals surface area contributed by atoms with E-state index in [0.717, 1.165) is 27.0 Å². The second kappa shape index (κ2) is 7.84. The van der Waals surface area contributed by atoms with Crippen molar-refractivity contribution < 1.29 is 23.4 Å². The van der Waals surface area contributed by atoms with Gasteiger partial charge in [0, 0.05) is 21.7 Å². The molecular weight excluding hydrogens is 402 g/mol. The van der Waals surface area contributed by atoms with Crippen molar-refractivity contribution in [1.82, 2.24) is 0 Å². The summed E-state index contributed by atoms with van der Waals surface area (Å²) in [4.78, 5) is 13.5. The number of para-hydroxylation sites is 1. The molecule has 0 aliphatic carbocycles. The number of anilines is 1. The molecule has 1 amide bonds. The molecule has 0 fully saturated rings. The Labute approximate surface area is 177 Å². The number of hydrogen-bond donors (Lipinski definition) is 1. The van der Waals surface area contributed by atoms with Gasteiger partial charge in [-0.2, -0.15) is 0 Å². The zero-order valence-corrected chi connectivity index (χ0v) is 17.1. The molecule has 0 spiro atoms. The van der Waals surface area contributed by atoms with E-state index in [9.17, 15) is 4.79 Å². The Morgan fingerprint density at radius 1 is 1.00 bits per heavy atom. The van der Waals surface area contributed by atoms with Gasteiger partial charge in [-0.3, -0.25) is 4.79 Å². The average Bonchev–Trinajstić information content (AvgIpc) is 3.14. The van der Waals surface area contributed by atoms with Crippen LogP contribution in [0.15, 0.2) is 63.9 Å². The lowest BCUT2D eigenvalue weighted by Gasteiger charge is -2.18. The molecule has 152 valence electrons. The van der Waals surface area contributed by atoms with Crippen molar-refractivity contribution in [3.05, 3.63) is 54.6 Å². The zero-order valence-electron chi connectivity index (χ0n) is 16.3. The molecule has 0 radical (unpaired) electrons. The number of carbonyl (C=O) groups excluding carboxylic acids is 1. The van der Waals surface area contributed by atoms with Crippen LogP contribution in [0, 0.1) is 0 Å². The Morgan fingerprint density at radius 3 is 2.70 bits per heavy atom. The van der Waals surface area contributed by atoms with Gasteiger partial charge in [-0.05, 0) is 30.3 Å². The SMILES string of the molecule is COc1cc2c(cc1NC(=O)CSc1ccc3c(c1)OCCO3)oc1ccccc12. The van der Waals surface area contributed by atoms with Crippen LogP contribution in [0.5, 0.6) is 17.2 Å². The average molecular weight is 421 g/mol. The molecule has 2 heterocycles. The minimum atomic E-state index is -0.136. The third kappa shape index (κ3) is 3.52. The molecule has 1 N–H and O–H groups in total. The molecule has 7 heteroatoms. The predicted molar refractivity (Wildman–Crippen MR) is 117 cm³/mol. The fourth-order valence-corrected chi connectivity index (χ4v) is 4.19. The van der Waals surface area contributed by atoms with E-state index >= 15 is 0 Å². The normalized spacial score (nSPS) is 12.8. The molecule has 0 saturated carbocycles. The van der Waals surface area contributed by atoms with Gasteiger partial charge in [0.25, 0.3) is 0 Å². The van der Waals surface area contributed by atoms with Gasteiger partial charge in [-0.1, -0.05) is 18.2 Å². The van der Waals surface area contributed by atoms with Crippen LogP contribution in [0.2, 0.25) is 0 Å². The first-order valence-corrected chi connectivity index (χ1v) is 10.5. The van der Waals surface area contributed by atoms with Crippen molar-refractivity contribution >= 4 is 45.3 Å². The zero-order chi connectivity index (χ0) is 20.5. The number of benzene rings is 3. The number of ether oxygens (including phenoxy) is 3. The summed E-state index contributed by atoms with van der Waals surface area (Å²) < 4.78 is 22.5. The minimum absolute atomic E-state index is 0.136. The first-order valence-electron chi connectivity index (χ1n) is 9.53. The van der Waals surface area contributed by atoms with E-state index in [2.05, 4.69) is 5.32 Å². The van der Waals surface area contributed by atoms with Crippen LogP contribution < -0.4 is 19.5 Å². The van der Waals surface area contributed by atoms with Gasteiger partial charge in [-0.25, -0.2) is 0 Å². The van der Waals surface area contributed by atoms with Gasteiger partial charge in [0.05, 0.1) is 18.6 Å². The van der Waals surface area contributed by atoms with Crippen LogP contribution in [0.25, 0.3) is 21.9 Å². The van der Waals surface area contributed by atoms with Crippen LogP contribution in [-0.4, -0.2) is 32.0 Å². The Bertz CT molecular complexity index is 1250. The maximum atomic E-state index is 12.6. The van der Waals surface area contributed by atoms with E-state index in [-0.39, 0.29) is 11.7 Å². The highest BCUT2D eigenvalue weighted by molar-refractivity contribution is 8.00. The molecule has 3 aromatic carbocycles. The first-order chi connectivity index (χ1) is 14.7. The molecule has 4 aromatic rings. The molecule has 0 unspecified atom stereocenters. The molecule has 5 rings (SSSR count). The fourth-order valence-electron chi connectivity index (χ4n) is 3.47. The third-order valence-corrected chi connectivity index (χ3v) is 5.85. The molecule has 1 aliphatic rings. The first kappa shape index (κ1) is 18.7. The summed E-state index contributed by atoms with van der Waals surface area (Å²) in [5.74, 6) is 2.15. The number of thioether (sulfide) groups is 1. The van der Waals surface area contributed by atoms with Crippen molar-refractivity contribution in [2.45, 2.75) is 4.90 Å². The van der Waals surface area contributed by atoms with Gasteiger partial charge in [0.15, 0.2) is 11.5 Å². The topological polar surface area (TPSA) is 69.9 Å². The van der Waals surface area contributed by atoms with Crippen LogP contribution in [0.4, 0.5) is 5.69 Å². The highest BCUT2D eigenvalue weighted by Gasteiger charge is 2.15. The maximum Gasteiger partial charge on any atom is 0.234 e. The predicted octanol–water partition coefficient (Wildman–Crippen LogP) is 5.10. The number of rotatable bonds is 5. The van der Waals surface area contributed by atoms with Crippen molar-refractivity contribution in [3.63, 3.8) is 0 Å². The van der Waals surface area contributed by atoms with Crippen LogP contribution in [-0.2, 0) is 4.79 Å². The van der Waals surface area contributed by atoms with Crippen molar-refractivity contribution in [2.75, 3.05) is 31.4 Å². The Morgan fingerprint density at radius 2 is 1.83 bits per heavy atom. The van der Waals surface area contributed by atoms with Crippen LogP contribution in [0.3, 0.4) is 0 Å². The lowest BCUT2D eigenvalue weighted by Crippen LogP contribution is -2.16. The summed E-state index contributed by atoms with van der Waals surface area (Å²) in [5.41, 5.74) is 2.08. The summed E-state index contributed by atoms with van der Waals surface area (Å²) in [6.07, 6.45) is 0. The quantitative estimate of drug-likeness (QED) is 0.452. The number of fused-ring (bicyclic) bond motifs is 4. The summed E-state index contributed by atoms with van der Waals surface area (Å²) in [5, 5.41) is 4.89. The highest BCUT2D eigenvalue weighted by Crippen LogP contribution is 2.37. The molecule has 1 aromatic heterocycles. The van der Waals surface area contributed by atoms with Crippen LogP contribution in [0.1, 0.15) is 0 Å². The van der Waals surface area contributed by atoms with Gasteiger partial charge in [-0.15, -0.1) is 11.8 Å². The second-order valence-corrected chi connectivity index (χ2v) is 7.84. The number of furan rings is 1. The molecule has 0 atom stereocenters. The molecule has 6 nitrogen and oxygen atoms in total. The van der Waals surface area contributed by atoms with E-state index in [1.54, 1.807) is 13.2 Å². The minimum Gasteiger partial charge on any atom is -0.495 e. The fraction of sp³-hybridized carbons (Fsp3) is 0.174. The molecular formula is C23H19NO5S.